The standard InChI is InChI=1S/C29H38N4O3/c1-4-5-7-10-23-13-15-24(16-14-23)27(35)31-19-17-29(18-20-31)28(36)32(21-26(34)30(2)3)22-33(29)25-11-8-6-9-12-25/h6,8-9,11-16H,4-5,7,10,17-22H2,1-3H3. The molecule has 2 aromatic carbocycles. The molecule has 0 unspecified atom stereocenters. The predicted molar refractivity (Wildman–Crippen MR) is 142 cm³/mol. The maximum atomic E-state index is 13.7. The summed E-state index contributed by atoms with van der Waals surface area (Å²) < 4.78 is 0. The number of carbonyl (C=O) groups excluding carboxylic acids is 3. The minimum absolute atomic E-state index is 0.0151. The van der Waals surface area contributed by atoms with E-state index >= 15 is 0 Å². The van der Waals surface area contributed by atoms with Gasteiger partial charge in [0.05, 0.1) is 6.67 Å². The van der Waals surface area contributed by atoms with Crippen LogP contribution in [0.3, 0.4) is 0 Å². The van der Waals surface area contributed by atoms with E-state index in [0.29, 0.717) is 38.2 Å². The minimum Gasteiger partial charge on any atom is -0.347 e. The van der Waals surface area contributed by atoms with Crippen LogP contribution in [0.2, 0.25) is 0 Å². The van der Waals surface area contributed by atoms with Gasteiger partial charge in [0.25, 0.3) is 11.8 Å². The van der Waals surface area contributed by atoms with E-state index < -0.39 is 5.54 Å². The highest BCUT2D eigenvalue weighted by Gasteiger charge is 2.54. The topological polar surface area (TPSA) is 64.2 Å². The number of nitrogens with zero attached hydrogens (tertiary/aromatic N) is 4. The summed E-state index contributed by atoms with van der Waals surface area (Å²) >= 11 is 0. The van der Waals surface area contributed by atoms with Gasteiger partial charge in [0, 0.05) is 38.4 Å². The van der Waals surface area contributed by atoms with Gasteiger partial charge in [-0.2, -0.15) is 0 Å². The van der Waals surface area contributed by atoms with Gasteiger partial charge >= 0.3 is 0 Å². The molecule has 7 heteroatoms. The number of unbranched alkanes of at least 4 members (excludes halogenated alkanes) is 2. The second-order valence-electron chi connectivity index (χ2n) is 10.2. The van der Waals surface area contributed by atoms with E-state index in [0.717, 1.165) is 12.1 Å². The molecule has 36 heavy (non-hydrogen) atoms. The molecule has 2 aliphatic rings. The van der Waals surface area contributed by atoms with E-state index in [1.54, 1.807) is 19.0 Å². The predicted octanol–water partition coefficient (Wildman–Crippen LogP) is 3.79. The number of hydrogen-bond acceptors (Lipinski definition) is 4. The van der Waals surface area contributed by atoms with Gasteiger partial charge in [-0.1, -0.05) is 50.1 Å². The Bertz CT molecular complexity index is 1060. The third-order valence-corrected chi connectivity index (χ3v) is 7.55. The van der Waals surface area contributed by atoms with Crippen molar-refractivity contribution in [1.29, 1.82) is 0 Å². The molecule has 2 aromatic rings. The van der Waals surface area contributed by atoms with Gasteiger partial charge < -0.3 is 19.6 Å². The molecule has 2 aliphatic heterocycles. The fourth-order valence-electron chi connectivity index (χ4n) is 5.28. The van der Waals surface area contributed by atoms with Gasteiger partial charge in [0.1, 0.15) is 12.1 Å². The number of aryl methyl sites for hydroxylation is 1. The van der Waals surface area contributed by atoms with Gasteiger partial charge in [0.2, 0.25) is 5.91 Å². The summed E-state index contributed by atoms with van der Waals surface area (Å²) in [4.78, 5) is 46.6. The number of amides is 3. The van der Waals surface area contributed by atoms with Crippen LogP contribution in [0, 0.1) is 0 Å². The van der Waals surface area contributed by atoms with E-state index in [-0.39, 0.29) is 24.3 Å². The zero-order valence-electron chi connectivity index (χ0n) is 21.8. The monoisotopic (exact) mass is 490 g/mol. The van der Waals surface area contributed by atoms with Crippen molar-refractivity contribution in [3.8, 4) is 0 Å². The SMILES string of the molecule is CCCCCc1ccc(C(=O)N2CCC3(CC2)C(=O)N(CC(=O)N(C)C)CN3c2ccccc2)cc1. The highest BCUT2D eigenvalue weighted by molar-refractivity contribution is 5.97. The largest absolute Gasteiger partial charge is 0.347 e. The quantitative estimate of drug-likeness (QED) is 0.528. The summed E-state index contributed by atoms with van der Waals surface area (Å²) in [6, 6.07) is 17.9. The highest BCUT2D eigenvalue weighted by atomic mass is 16.2. The number of benzene rings is 2. The Balaban J connectivity index is 1.47. The van der Waals surface area contributed by atoms with E-state index in [9.17, 15) is 14.4 Å². The van der Waals surface area contributed by atoms with Crippen LogP contribution >= 0.6 is 0 Å². The van der Waals surface area contributed by atoms with Crippen molar-refractivity contribution in [3.05, 3.63) is 65.7 Å². The Kier molecular flexibility index (Phi) is 7.97. The summed E-state index contributed by atoms with van der Waals surface area (Å²) in [5.41, 5.74) is 2.18. The lowest BCUT2D eigenvalue weighted by atomic mass is 9.85. The second-order valence-corrected chi connectivity index (χ2v) is 10.2. The first-order valence-corrected chi connectivity index (χ1v) is 13.1. The van der Waals surface area contributed by atoms with Crippen LogP contribution in [-0.4, -0.2) is 78.4 Å². The van der Waals surface area contributed by atoms with Crippen LogP contribution in [0.5, 0.6) is 0 Å². The van der Waals surface area contributed by atoms with Crippen molar-refractivity contribution in [2.45, 2.75) is 51.0 Å². The van der Waals surface area contributed by atoms with Crippen molar-refractivity contribution in [2.24, 2.45) is 0 Å². The molecule has 0 aliphatic carbocycles. The van der Waals surface area contributed by atoms with Crippen LogP contribution in [0.25, 0.3) is 0 Å². The van der Waals surface area contributed by atoms with E-state index in [4.69, 9.17) is 0 Å². The third-order valence-electron chi connectivity index (χ3n) is 7.55. The molecule has 192 valence electrons. The number of likely N-dealkylation sites (N-methyl/N-ethyl adjacent to an activating group) is 1. The maximum absolute atomic E-state index is 13.7. The van der Waals surface area contributed by atoms with E-state index in [1.165, 1.54) is 29.7 Å². The molecule has 2 fully saturated rings. The Morgan fingerprint density at radius 2 is 1.61 bits per heavy atom. The van der Waals surface area contributed by atoms with Gasteiger partial charge in [-0.3, -0.25) is 14.4 Å². The number of piperidine rings is 1. The number of likely N-dealkylation sites (tertiary alicyclic amines) is 1. The second kappa shape index (κ2) is 11.1. The van der Waals surface area contributed by atoms with Crippen molar-refractivity contribution in [1.82, 2.24) is 14.7 Å². The Hall–Kier alpha value is -3.35. The Morgan fingerprint density at radius 3 is 2.22 bits per heavy atom. The third kappa shape index (κ3) is 5.25. The molecule has 2 heterocycles. The zero-order valence-corrected chi connectivity index (χ0v) is 21.8. The molecule has 1 spiro atoms. The number of hydrogen-bond donors (Lipinski definition) is 0. The normalized spacial score (nSPS) is 17.1. The maximum Gasteiger partial charge on any atom is 0.253 e. The Morgan fingerprint density at radius 1 is 0.944 bits per heavy atom. The molecule has 3 amide bonds. The lowest BCUT2D eigenvalue weighted by Gasteiger charge is -2.43. The zero-order chi connectivity index (χ0) is 25.7. The molecule has 0 bridgehead atoms. The average Bonchev–Trinajstić information content (AvgIpc) is 3.16. The summed E-state index contributed by atoms with van der Waals surface area (Å²) in [5.74, 6) is -0.106. The van der Waals surface area contributed by atoms with Crippen molar-refractivity contribution >= 4 is 23.4 Å². The number of anilines is 1. The molecular formula is C29H38N4O3. The van der Waals surface area contributed by atoms with Crippen LogP contribution in [-0.2, 0) is 16.0 Å². The molecule has 0 radical (unpaired) electrons. The molecule has 0 N–H and O–H groups in total. The summed E-state index contributed by atoms with van der Waals surface area (Å²) in [5, 5.41) is 0. The Labute approximate surface area is 214 Å². The van der Waals surface area contributed by atoms with Crippen molar-refractivity contribution < 1.29 is 14.4 Å². The fourth-order valence-corrected chi connectivity index (χ4v) is 5.28. The summed E-state index contributed by atoms with van der Waals surface area (Å²) in [6.45, 7) is 3.63. The lowest BCUT2D eigenvalue weighted by molar-refractivity contribution is -0.139. The molecule has 2 saturated heterocycles. The van der Waals surface area contributed by atoms with Gasteiger partial charge in [-0.15, -0.1) is 0 Å². The molecule has 0 atom stereocenters. The van der Waals surface area contributed by atoms with E-state index in [2.05, 4.69) is 24.0 Å². The highest BCUT2D eigenvalue weighted by Crippen LogP contribution is 2.39. The van der Waals surface area contributed by atoms with Gasteiger partial charge in [-0.25, -0.2) is 0 Å². The van der Waals surface area contributed by atoms with Gasteiger partial charge in [0.15, 0.2) is 0 Å². The van der Waals surface area contributed by atoms with Crippen molar-refractivity contribution in [3.63, 3.8) is 0 Å². The lowest BCUT2D eigenvalue weighted by Crippen LogP contribution is -2.57. The summed E-state index contributed by atoms with van der Waals surface area (Å²) in [6.07, 6.45) is 5.69. The number of rotatable bonds is 8. The smallest absolute Gasteiger partial charge is 0.253 e. The molecular weight excluding hydrogens is 452 g/mol. The van der Waals surface area contributed by atoms with Crippen molar-refractivity contribution in [2.75, 3.05) is 45.3 Å². The molecule has 4 rings (SSSR count). The van der Waals surface area contributed by atoms with Crippen LogP contribution in [0.1, 0.15) is 54.9 Å². The summed E-state index contributed by atoms with van der Waals surface area (Å²) in [7, 11) is 3.41. The van der Waals surface area contributed by atoms with Crippen LogP contribution in [0.4, 0.5) is 5.69 Å². The van der Waals surface area contributed by atoms with E-state index in [1.807, 2.05) is 47.4 Å². The van der Waals surface area contributed by atoms with Crippen LogP contribution < -0.4 is 4.90 Å². The fraction of sp³-hybridized carbons (Fsp3) is 0.483. The number of para-hydroxylation sites is 1. The number of carbonyl (C=O) groups is 3. The van der Waals surface area contributed by atoms with Gasteiger partial charge in [-0.05, 0) is 55.5 Å². The average molecular weight is 491 g/mol. The first kappa shape index (κ1) is 25.7. The van der Waals surface area contributed by atoms with Crippen LogP contribution in [0.15, 0.2) is 54.6 Å². The molecule has 0 saturated carbocycles. The molecule has 7 nitrogen and oxygen atoms in total. The molecule has 0 aromatic heterocycles. The first-order chi connectivity index (χ1) is 17.4. The minimum atomic E-state index is -0.742. The first-order valence-electron chi connectivity index (χ1n) is 13.1.